The van der Waals surface area contributed by atoms with E-state index in [-0.39, 0.29) is 24.7 Å². The number of nitrogens with one attached hydrogen (secondary N) is 2. The Morgan fingerprint density at radius 1 is 0.723 bits per heavy atom. The first-order valence-electron chi connectivity index (χ1n) is 22.7. The molecular weight excluding hydrogens is 842 g/mol. The number of alkyl halides is 3. The predicted octanol–water partition coefficient (Wildman–Crippen LogP) is 5.27. The number of aromatic nitrogens is 1. The quantitative estimate of drug-likeness (QED) is 0.203. The number of hydrogen-bond acceptors (Lipinski definition) is 11. The second-order valence-electron chi connectivity index (χ2n) is 18.3. The average molecular weight is 895 g/mol. The highest BCUT2D eigenvalue weighted by Gasteiger charge is 2.45. The number of pyridine rings is 1. The Bertz CT molecular complexity index is 2370. The van der Waals surface area contributed by atoms with E-state index in [0.717, 1.165) is 101 Å². The summed E-state index contributed by atoms with van der Waals surface area (Å²) >= 11 is 0. The van der Waals surface area contributed by atoms with Gasteiger partial charge >= 0.3 is 6.18 Å². The van der Waals surface area contributed by atoms with E-state index in [1.165, 1.54) is 18.6 Å². The van der Waals surface area contributed by atoms with Crippen LogP contribution < -0.4 is 25.3 Å². The molecule has 6 aliphatic rings. The first-order valence-corrected chi connectivity index (χ1v) is 22.7. The zero-order chi connectivity index (χ0) is 45.4. The van der Waals surface area contributed by atoms with Crippen molar-refractivity contribution >= 4 is 58.1 Å². The number of piperazine rings is 1. The Balaban J connectivity index is 0.673. The highest BCUT2D eigenvalue weighted by atomic mass is 19.4. The van der Waals surface area contributed by atoms with Crippen molar-refractivity contribution in [3.05, 3.63) is 82.8 Å². The van der Waals surface area contributed by atoms with Crippen LogP contribution in [0.5, 0.6) is 0 Å². The molecule has 65 heavy (non-hydrogen) atoms. The molecule has 2 aromatic carbocycles. The van der Waals surface area contributed by atoms with Gasteiger partial charge in [0.15, 0.2) is 5.69 Å². The van der Waals surface area contributed by atoms with Crippen LogP contribution >= 0.6 is 0 Å². The molecule has 2 atom stereocenters. The van der Waals surface area contributed by atoms with Crippen LogP contribution in [0.15, 0.2) is 54.7 Å². The first kappa shape index (κ1) is 44.2. The summed E-state index contributed by atoms with van der Waals surface area (Å²) in [4.78, 5) is 83.9. The van der Waals surface area contributed by atoms with E-state index in [4.69, 9.17) is 6.57 Å². The average Bonchev–Trinajstić information content (AvgIpc) is 3.85. The lowest BCUT2D eigenvalue weighted by molar-refractivity contribution is -0.137. The van der Waals surface area contributed by atoms with Crippen molar-refractivity contribution in [2.75, 3.05) is 98.6 Å². The Morgan fingerprint density at radius 2 is 1.35 bits per heavy atom. The zero-order valence-electron chi connectivity index (χ0n) is 36.2. The molecular formula is C47H53F3N10O5. The smallest absolute Gasteiger partial charge is 0.372 e. The van der Waals surface area contributed by atoms with E-state index in [9.17, 15) is 37.1 Å². The van der Waals surface area contributed by atoms with Crippen LogP contribution in [0.3, 0.4) is 0 Å². The molecule has 18 heteroatoms. The fraction of sp³-hybridized carbons (Fsp3) is 0.511. The van der Waals surface area contributed by atoms with E-state index in [1.54, 1.807) is 12.1 Å². The number of rotatable bonds is 10. The molecule has 9 rings (SSSR count). The molecule has 0 saturated carbocycles. The fourth-order valence-electron chi connectivity index (χ4n) is 10.5. The Hall–Kier alpha value is -6.06. The van der Waals surface area contributed by atoms with Crippen molar-refractivity contribution in [3.8, 4) is 0 Å². The van der Waals surface area contributed by atoms with Gasteiger partial charge in [0, 0.05) is 95.7 Å². The highest BCUT2D eigenvalue weighted by molar-refractivity contribution is 6.23. The fourth-order valence-corrected chi connectivity index (χ4v) is 10.5. The second kappa shape index (κ2) is 18.4. The van der Waals surface area contributed by atoms with Crippen molar-refractivity contribution in [3.63, 3.8) is 0 Å². The van der Waals surface area contributed by atoms with Crippen LogP contribution in [0.4, 0.5) is 41.7 Å². The predicted molar refractivity (Wildman–Crippen MR) is 237 cm³/mol. The Morgan fingerprint density at radius 3 is 2.05 bits per heavy atom. The summed E-state index contributed by atoms with van der Waals surface area (Å²) in [5.74, 6) is -0.695. The highest BCUT2D eigenvalue weighted by Crippen LogP contribution is 2.40. The van der Waals surface area contributed by atoms with E-state index < -0.39 is 47.1 Å². The van der Waals surface area contributed by atoms with Gasteiger partial charge in [0.25, 0.3) is 11.8 Å². The summed E-state index contributed by atoms with van der Waals surface area (Å²) in [6.45, 7) is 17.6. The molecule has 0 bridgehead atoms. The van der Waals surface area contributed by atoms with E-state index in [1.807, 2.05) is 29.3 Å². The molecule has 2 N–H and O–H groups in total. The largest absolute Gasteiger partial charge is 0.407 e. The van der Waals surface area contributed by atoms with E-state index in [2.05, 4.69) is 40.1 Å². The van der Waals surface area contributed by atoms with Crippen LogP contribution in [-0.2, 0) is 20.6 Å². The van der Waals surface area contributed by atoms with Gasteiger partial charge in [-0.15, -0.1) is 0 Å². The maximum absolute atomic E-state index is 13.5. The lowest BCUT2D eigenvalue weighted by Crippen LogP contribution is -2.54. The molecule has 5 fully saturated rings. The summed E-state index contributed by atoms with van der Waals surface area (Å²) in [7, 11) is 0. The van der Waals surface area contributed by atoms with Gasteiger partial charge in [0.1, 0.15) is 11.9 Å². The molecule has 342 valence electrons. The molecule has 5 saturated heterocycles. The summed E-state index contributed by atoms with van der Waals surface area (Å²) in [6, 6.07) is 12.0. The normalized spacial score (nSPS) is 22.9. The minimum Gasteiger partial charge on any atom is -0.372 e. The monoisotopic (exact) mass is 894 g/mol. The second-order valence-corrected chi connectivity index (χ2v) is 18.3. The number of carbonyl (C=O) groups is 5. The van der Waals surface area contributed by atoms with Crippen LogP contribution in [-0.4, -0.2) is 134 Å². The summed E-state index contributed by atoms with van der Waals surface area (Å²) < 4.78 is 40.5. The number of nitrogens with zero attached hydrogens (tertiary/aromatic N) is 8. The Kier molecular flexibility index (Phi) is 12.5. The van der Waals surface area contributed by atoms with Gasteiger partial charge in [-0.25, -0.2) is 9.83 Å². The van der Waals surface area contributed by atoms with Gasteiger partial charge in [-0.3, -0.25) is 39.1 Å². The van der Waals surface area contributed by atoms with Crippen molar-refractivity contribution in [1.82, 2.24) is 25.0 Å². The van der Waals surface area contributed by atoms with Gasteiger partial charge in [-0.05, 0) is 99.4 Å². The lowest BCUT2D eigenvalue weighted by Gasteiger charge is -2.37. The standard InChI is InChI=1S/C47H53F3N10O5/c1-51-39-6-3-34(25-38(39)47(48,49)50)57-18-13-32(14-19-57)43(62)53-41-8-4-35(26-52-41)58-16-11-30(12-17-58)27-56-15-10-31(29-56)28-55-20-22-59(23-21-55)33-2-5-36-37(24-33)46(65)60(45(36)64)40-7-9-42(61)54-44(40)63/h2-6,8,24-26,30-32,40H,7,9-23,27-29H2,(H,52,53,62)(H,54,61,63)/t31-,40?/m0/s1. The van der Waals surface area contributed by atoms with Gasteiger partial charge in [0.2, 0.25) is 17.7 Å². The molecule has 6 aliphatic heterocycles. The number of amides is 5. The summed E-state index contributed by atoms with van der Waals surface area (Å²) in [6.07, 6.45) is 1.78. The third kappa shape index (κ3) is 9.53. The summed E-state index contributed by atoms with van der Waals surface area (Å²) in [5, 5.41) is 5.17. The molecule has 0 aliphatic carbocycles. The molecule has 1 aromatic heterocycles. The number of piperidine rings is 3. The van der Waals surface area contributed by atoms with Gasteiger partial charge in [-0.1, -0.05) is 6.07 Å². The van der Waals surface area contributed by atoms with Crippen LogP contribution in [0, 0.1) is 24.3 Å². The SMILES string of the molecule is [C-]#[N+]c1ccc(N2CCC(C(=O)Nc3ccc(N4CCC(CN5CC[C@@H](CN6CCN(c7ccc8c(c7)C(=O)N(C7CCC(=O)NC7=O)C8=O)CC6)C5)CC4)cn3)CC2)cc1C(F)(F)F. The van der Waals surface area contributed by atoms with Gasteiger partial charge in [0.05, 0.1) is 35.1 Å². The third-order valence-corrected chi connectivity index (χ3v) is 14.2. The number of imide groups is 2. The summed E-state index contributed by atoms with van der Waals surface area (Å²) in [5.41, 5.74) is 1.55. The maximum atomic E-state index is 13.5. The van der Waals surface area contributed by atoms with Crippen molar-refractivity contribution in [2.24, 2.45) is 17.8 Å². The van der Waals surface area contributed by atoms with Gasteiger partial charge in [-0.2, -0.15) is 13.2 Å². The molecule has 7 heterocycles. The van der Waals surface area contributed by atoms with Crippen molar-refractivity contribution in [1.29, 1.82) is 0 Å². The lowest BCUT2D eigenvalue weighted by atomic mass is 9.95. The maximum Gasteiger partial charge on any atom is 0.407 e. The molecule has 15 nitrogen and oxygen atoms in total. The van der Waals surface area contributed by atoms with Crippen molar-refractivity contribution < 1.29 is 37.1 Å². The molecule has 1 unspecified atom stereocenters. The third-order valence-electron chi connectivity index (χ3n) is 14.2. The molecule has 3 aromatic rings. The number of anilines is 4. The molecule has 0 radical (unpaired) electrons. The minimum absolute atomic E-state index is 0.0873. The van der Waals surface area contributed by atoms with E-state index in [0.29, 0.717) is 60.4 Å². The number of likely N-dealkylation sites (tertiary alicyclic amines) is 1. The van der Waals surface area contributed by atoms with Crippen LogP contribution in [0.25, 0.3) is 4.85 Å². The number of carbonyl (C=O) groups excluding carboxylic acids is 5. The zero-order valence-corrected chi connectivity index (χ0v) is 36.2. The number of benzene rings is 2. The van der Waals surface area contributed by atoms with E-state index >= 15 is 0 Å². The van der Waals surface area contributed by atoms with Crippen LogP contribution in [0.1, 0.15) is 71.2 Å². The van der Waals surface area contributed by atoms with Crippen LogP contribution in [0.2, 0.25) is 0 Å². The Labute approximate surface area is 375 Å². The number of halogens is 3. The minimum atomic E-state index is -4.61. The topological polar surface area (TPSA) is 146 Å². The molecule has 5 amide bonds. The van der Waals surface area contributed by atoms with Gasteiger partial charge < -0.3 is 24.9 Å². The number of hydrogen-bond donors (Lipinski definition) is 2. The first-order chi connectivity index (χ1) is 31.3. The number of fused-ring (bicyclic) bond motifs is 1. The van der Waals surface area contributed by atoms with Crippen molar-refractivity contribution in [2.45, 2.75) is 57.2 Å². The molecule has 0 spiro atoms.